The molecule has 0 aliphatic heterocycles. The van der Waals surface area contributed by atoms with Crippen molar-refractivity contribution in [3.05, 3.63) is 11.7 Å². The Morgan fingerprint density at radius 2 is 2.11 bits per heavy atom. The number of rotatable bonds is 9. The Hall–Kier alpha value is -0.990. The van der Waals surface area contributed by atoms with Crippen LogP contribution in [0.5, 0.6) is 0 Å². The Labute approximate surface area is 107 Å². The van der Waals surface area contributed by atoms with E-state index in [9.17, 15) is 8.42 Å². The first-order valence-corrected chi connectivity index (χ1v) is 7.66. The molecular weight excluding hydrogens is 256 g/mol. The molecule has 0 unspecified atom stereocenters. The van der Waals surface area contributed by atoms with Crippen LogP contribution < -0.4 is 10.0 Å². The molecule has 8 heteroatoms. The van der Waals surface area contributed by atoms with Crippen molar-refractivity contribution in [2.45, 2.75) is 33.2 Å². The Kier molecular flexibility index (Phi) is 6.23. The lowest BCUT2D eigenvalue weighted by atomic mass is 10.3. The molecule has 0 saturated carbocycles. The van der Waals surface area contributed by atoms with Crippen LogP contribution in [0.3, 0.4) is 0 Å². The molecule has 0 aliphatic carbocycles. The van der Waals surface area contributed by atoms with Crippen LogP contribution in [0, 0.1) is 6.92 Å². The molecule has 104 valence electrons. The van der Waals surface area contributed by atoms with Gasteiger partial charge in [0.1, 0.15) is 0 Å². The predicted octanol–water partition coefficient (Wildman–Crippen LogP) is 0.187. The zero-order valence-electron chi connectivity index (χ0n) is 10.8. The van der Waals surface area contributed by atoms with Gasteiger partial charge in [0, 0.05) is 0 Å². The minimum Gasteiger partial charge on any atom is -0.338 e. The first kappa shape index (κ1) is 15.1. The Balaban J connectivity index is 2.23. The third-order valence-electron chi connectivity index (χ3n) is 2.28. The van der Waals surface area contributed by atoms with Crippen LogP contribution in [0.4, 0.5) is 0 Å². The van der Waals surface area contributed by atoms with Crippen LogP contribution in [0.2, 0.25) is 0 Å². The Bertz CT molecular complexity index is 444. The maximum absolute atomic E-state index is 11.6. The summed E-state index contributed by atoms with van der Waals surface area (Å²) in [7, 11) is -3.26. The van der Waals surface area contributed by atoms with Gasteiger partial charge in [-0.15, -0.1) is 0 Å². The standard InChI is InChI=1S/C10H20N4O3S/c1-3-11-6-4-5-7-18(15,16)12-8-10-13-9(2)14-17-10/h11-12H,3-8H2,1-2H3. The predicted molar refractivity (Wildman–Crippen MR) is 67.4 cm³/mol. The molecule has 0 aromatic carbocycles. The second kappa shape index (κ2) is 7.45. The molecule has 0 radical (unpaired) electrons. The maximum Gasteiger partial charge on any atom is 0.241 e. The summed E-state index contributed by atoms with van der Waals surface area (Å²) >= 11 is 0. The minimum atomic E-state index is -3.26. The van der Waals surface area contributed by atoms with Gasteiger partial charge in [-0.3, -0.25) is 0 Å². The molecule has 1 rings (SSSR count). The molecular formula is C10H20N4O3S. The SMILES string of the molecule is CCNCCCCS(=O)(=O)NCc1nc(C)no1. The number of unbranched alkanes of at least 4 members (excludes halogenated alkanes) is 1. The van der Waals surface area contributed by atoms with Crippen molar-refractivity contribution < 1.29 is 12.9 Å². The normalized spacial score (nSPS) is 11.9. The van der Waals surface area contributed by atoms with Crippen LogP contribution in [0.15, 0.2) is 4.52 Å². The summed E-state index contributed by atoms with van der Waals surface area (Å²) in [6, 6.07) is 0. The summed E-state index contributed by atoms with van der Waals surface area (Å²) < 4.78 is 30.5. The van der Waals surface area contributed by atoms with Crippen LogP contribution in [0.1, 0.15) is 31.5 Å². The third kappa shape index (κ3) is 6.08. The van der Waals surface area contributed by atoms with Gasteiger partial charge in [-0.25, -0.2) is 13.1 Å². The van der Waals surface area contributed by atoms with Gasteiger partial charge in [-0.2, -0.15) is 4.98 Å². The highest BCUT2D eigenvalue weighted by Gasteiger charge is 2.11. The Morgan fingerprint density at radius 1 is 1.33 bits per heavy atom. The van der Waals surface area contributed by atoms with Gasteiger partial charge in [-0.1, -0.05) is 12.1 Å². The number of aryl methyl sites for hydroxylation is 1. The lowest BCUT2D eigenvalue weighted by molar-refractivity contribution is 0.372. The van der Waals surface area contributed by atoms with E-state index < -0.39 is 10.0 Å². The summed E-state index contributed by atoms with van der Waals surface area (Å²) in [5.74, 6) is 0.893. The van der Waals surface area contributed by atoms with Gasteiger partial charge < -0.3 is 9.84 Å². The quantitative estimate of drug-likeness (QED) is 0.625. The monoisotopic (exact) mass is 276 g/mol. The second-order valence-corrected chi connectivity index (χ2v) is 5.86. The summed E-state index contributed by atoms with van der Waals surface area (Å²) in [5, 5.41) is 6.73. The van der Waals surface area contributed by atoms with E-state index >= 15 is 0 Å². The fourth-order valence-electron chi connectivity index (χ4n) is 1.37. The molecule has 1 aromatic rings. The second-order valence-electron chi connectivity index (χ2n) is 3.94. The molecule has 2 N–H and O–H groups in total. The fraction of sp³-hybridized carbons (Fsp3) is 0.800. The van der Waals surface area contributed by atoms with E-state index in [0.29, 0.717) is 12.2 Å². The molecule has 0 atom stereocenters. The number of sulfonamides is 1. The van der Waals surface area contributed by atoms with Gasteiger partial charge in [0.05, 0.1) is 12.3 Å². The van der Waals surface area contributed by atoms with Gasteiger partial charge in [0.2, 0.25) is 15.9 Å². The highest BCUT2D eigenvalue weighted by atomic mass is 32.2. The molecule has 0 fully saturated rings. The molecule has 0 spiro atoms. The highest BCUT2D eigenvalue weighted by molar-refractivity contribution is 7.89. The van der Waals surface area contributed by atoms with Crippen molar-refractivity contribution in [1.82, 2.24) is 20.2 Å². The molecule has 1 heterocycles. The lowest BCUT2D eigenvalue weighted by Gasteiger charge is -2.04. The number of nitrogens with zero attached hydrogens (tertiary/aromatic N) is 2. The molecule has 0 amide bonds. The van der Waals surface area contributed by atoms with Crippen molar-refractivity contribution >= 4 is 10.0 Å². The highest BCUT2D eigenvalue weighted by Crippen LogP contribution is 1.98. The van der Waals surface area contributed by atoms with E-state index in [-0.39, 0.29) is 18.2 Å². The summed E-state index contributed by atoms with van der Waals surface area (Å²) in [5.41, 5.74) is 0. The van der Waals surface area contributed by atoms with Crippen LogP contribution in [-0.4, -0.2) is 37.4 Å². The van der Waals surface area contributed by atoms with Crippen molar-refractivity contribution in [3.8, 4) is 0 Å². The minimum absolute atomic E-state index is 0.0520. The maximum atomic E-state index is 11.6. The van der Waals surface area contributed by atoms with Crippen LogP contribution in [-0.2, 0) is 16.6 Å². The topological polar surface area (TPSA) is 97.1 Å². The van der Waals surface area contributed by atoms with E-state index in [1.165, 1.54) is 0 Å². The zero-order chi connectivity index (χ0) is 13.4. The molecule has 0 saturated heterocycles. The Morgan fingerprint density at radius 3 is 2.72 bits per heavy atom. The summed E-state index contributed by atoms with van der Waals surface area (Å²) in [6.07, 6.45) is 1.47. The lowest BCUT2D eigenvalue weighted by Crippen LogP contribution is -2.26. The first-order chi connectivity index (χ1) is 8.53. The average Bonchev–Trinajstić information content (AvgIpc) is 2.73. The summed E-state index contributed by atoms with van der Waals surface area (Å²) in [6.45, 7) is 5.50. The average molecular weight is 276 g/mol. The van der Waals surface area contributed by atoms with Crippen LogP contribution >= 0.6 is 0 Å². The number of nitrogens with one attached hydrogen (secondary N) is 2. The van der Waals surface area contributed by atoms with Crippen molar-refractivity contribution in [1.29, 1.82) is 0 Å². The van der Waals surface area contributed by atoms with E-state index in [2.05, 4.69) is 20.2 Å². The number of hydrogen-bond acceptors (Lipinski definition) is 6. The summed E-state index contributed by atoms with van der Waals surface area (Å²) in [4.78, 5) is 3.92. The van der Waals surface area contributed by atoms with E-state index in [4.69, 9.17) is 4.52 Å². The molecule has 1 aromatic heterocycles. The smallest absolute Gasteiger partial charge is 0.241 e. The van der Waals surface area contributed by atoms with Gasteiger partial charge in [-0.05, 0) is 32.9 Å². The largest absolute Gasteiger partial charge is 0.338 e. The van der Waals surface area contributed by atoms with Crippen molar-refractivity contribution in [3.63, 3.8) is 0 Å². The first-order valence-electron chi connectivity index (χ1n) is 6.00. The van der Waals surface area contributed by atoms with Gasteiger partial charge in [0.15, 0.2) is 5.82 Å². The number of aromatic nitrogens is 2. The molecule has 18 heavy (non-hydrogen) atoms. The third-order valence-corrected chi connectivity index (χ3v) is 3.69. The van der Waals surface area contributed by atoms with Crippen molar-refractivity contribution in [2.24, 2.45) is 0 Å². The molecule has 0 aliphatic rings. The van der Waals surface area contributed by atoms with Gasteiger partial charge in [0.25, 0.3) is 0 Å². The molecule has 7 nitrogen and oxygen atoms in total. The fourth-order valence-corrected chi connectivity index (χ4v) is 2.45. The van der Waals surface area contributed by atoms with E-state index in [0.717, 1.165) is 19.5 Å². The van der Waals surface area contributed by atoms with Crippen molar-refractivity contribution in [2.75, 3.05) is 18.8 Å². The number of hydrogen-bond donors (Lipinski definition) is 2. The van der Waals surface area contributed by atoms with Crippen LogP contribution in [0.25, 0.3) is 0 Å². The molecule has 0 bridgehead atoms. The van der Waals surface area contributed by atoms with Gasteiger partial charge >= 0.3 is 0 Å². The van der Waals surface area contributed by atoms with E-state index in [1.54, 1.807) is 6.92 Å². The zero-order valence-corrected chi connectivity index (χ0v) is 11.6. The van der Waals surface area contributed by atoms with E-state index in [1.807, 2.05) is 6.92 Å².